The van der Waals surface area contributed by atoms with Gasteiger partial charge in [-0.1, -0.05) is 29.8 Å². The molecule has 0 aliphatic rings. The lowest BCUT2D eigenvalue weighted by atomic mass is 10.2. The minimum Gasteiger partial charge on any atom is -0.476 e. The number of rotatable bonds is 2. The summed E-state index contributed by atoms with van der Waals surface area (Å²) in [7, 11) is 0. The lowest BCUT2D eigenvalue weighted by molar-refractivity contribution is 0.0688. The van der Waals surface area contributed by atoms with Gasteiger partial charge in [0.05, 0.1) is 11.0 Å². The van der Waals surface area contributed by atoms with E-state index in [-0.39, 0.29) is 0 Å². The molecule has 1 N–H and O–H groups in total. The van der Waals surface area contributed by atoms with E-state index in [9.17, 15) is 9.59 Å². The Kier molecular flexibility index (Phi) is 3.02. The number of carboxylic acid groups (broad SMARTS) is 1. The van der Waals surface area contributed by atoms with Gasteiger partial charge in [-0.3, -0.25) is 9.36 Å². The molecule has 0 aliphatic carbocycles. The molecule has 0 unspecified atom stereocenters. The van der Waals surface area contributed by atoms with Crippen LogP contribution in [0.15, 0.2) is 53.3 Å². The SMILES string of the molecule is Cc1ccc(-n2c(=O)c(C(=O)O)nc3ccccc32)cc1. The molecule has 0 bridgehead atoms. The Hall–Kier alpha value is -2.95. The van der Waals surface area contributed by atoms with Gasteiger partial charge < -0.3 is 5.11 Å². The van der Waals surface area contributed by atoms with Gasteiger partial charge in [0.1, 0.15) is 0 Å². The Bertz CT molecular complexity index is 896. The van der Waals surface area contributed by atoms with Gasteiger partial charge in [0, 0.05) is 5.69 Å². The number of carboxylic acids is 1. The standard InChI is InChI=1S/C16H12N2O3/c1-10-6-8-11(9-7-10)18-13-5-3-2-4-12(13)17-14(15(18)19)16(20)21/h2-9H,1H3,(H,20,21). The molecule has 5 heteroatoms. The van der Waals surface area contributed by atoms with E-state index < -0.39 is 17.2 Å². The molecule has 3 aromatic rings. The molecule has 1 aromatic heterocycles. The van der Waals surface area contributed by atoms with E-state index in [0.29, 0.717) is 16.7 Å². The second-order valence-corrected chi connectivity index (χ2v) is 4.73. The topological polar surface area (TPSA) is 72.2 Å². The van der Waals surface area contributed by atoms with Crippen molar-refractivity contribution in [3.8, 4) is 5.69 Å². The van der Waals surface area contributed by atoms with Crippen molar-refractivity contribution in [2.75, 3.05) is 0 Å². The zero-order chi connectivity index (χ0) is 15.0. The number of hydrogen-bond donors (Lipinski definition) is 1. The van der Waals surface area contributed by atoms with Gasteiger partial charge in [-0.25, -0.2) is 9.78 Å². The van der Waals surface area contributed by atoms with Crippen LogP contribution in [0.5, 0.6) is 0 Å². The molecule has 21 heavy (non-hydrogen) atoms. The predicted molar refractivity (Wildman–Crippen MR) is 79.0 cm³/mol. The molecule has 3 rings (SSSR count). The Balaban J connectivity index is 2.44. The molecule has 0 spiro atoms. The van der Waals surface area contributed by atoms with Gasteiger partial charge in [0.15, 0.2) is 0 Å². The molecule has 0 saturated carbocycles. The third-order valence-corrected chi connectivity index (χ3v) is 3.26. The van der Waals surface area contributed by atoms with Crippen LogP contribution in [0.2, 0.25) is 0 Å². The zero-order valence-electron chi connectivity index (χ0n) is 11.3. The van der Waals surface area contributed by atoms with Gasteiger partial charge in [0.2, 0.25) is 5.69 Å². The highest BCUT2D eigenvalue weighted by Gasteiger charge is 2.17. The summed E-state index contributed by atoms with van der Waals surface area (Å²) in [5, 5.41) is 9.16. The summed E-state index contributed by atoms with van der Waals surface area (Å²) in [5.41, 5.74) is 1.61. The lowest BCUT2D eigenvalue weighted by Crippen LogP contribution is -2.27. The number of aromatic carboxylic acids is 1. The van der Waals surface area contributed by atoms with E-state index in [4.69, 9.17) is 5.11 Å². The zero-order valence-corrected chi connectivity index (χ0v) is 11.3. The monoisotopic (exact) mass is 280 g/mol. The third kappa shape index (κ3) is 2.18. The summed E-state index contributed by atoms with van der Waals surface area (Å²) < 4.78 is 1.38. The average Bonchev–Trinajstić information content (AvgIpc) is 2.48. The van der Waals surface area contributed by atoms with Crippen molar-refractivity contribution in [1.29, 1.82) is 0 Å². The number of carbonyl (C=O) groups is 1. The summed E-state index contributed by atoms with van der Waals surface area (Å²) in [4.78, 5) is 27.6. The van der Waals surface area contributed by atoms with Crippen LogP contribution < -0.4 is 5.56 Å². The van der Waals surface area contributed by atoms with Crippen molar-refractivity contribution < 1.29 is 9.90 Å². The minimum atomic E-state index is -1.33. The van der Waals surface area contributed by atoms with Crippen LogP contribution in [-0.4, -0.2) is 20.6 Å². The van der Waals surface area contributed by atoms with Crippen molar-refractivity contribution >= 4 is 17.0 Å². The van der Waals surface area contributed by atoms with Crippen molar-refractivity contribution in [2.24, 2.45) is 0 Å². The van der Waals surface area contributed by atoms with Gasteiger partial charge in [-0.05, 0) is 31.2 Å². The largest absolute Gasteiger partial charge is 0.476 e. The maximum Gasteiger partial charge on any atom is 0.360 e. The molecule has 0 radical (unpaired) electrons. The maximum atomic E-state index is 12.4. The molecular formula is C16H12N2O3. The van der Waals surface area contributed by atoms with Crippen LogP contribution >= 0.6 is 0 Å². The van der Waals surface area contributed by atoms with Gasteiger partial charge in [-0.2, -0.15) is 0 Å². The van der Waals surface area contributed by atoms with Crippen LogP contribution in [0.3, 0.4) is 0 Å². The van der Waals surface area contributed by atoms with Crippen molar-refractivity contribution in [3.05, 3.63) is 70.1 Å². The van der Waals surface area contributed by atoms with Crippen LogP contribution in [0.1, 0.15) is 16.1 Å². The van der Waals surface area contributed by atoms with Crippen LogP contribution in [0.25, 0.3) is 16.7 Å². The van der Waals surface area contributed by atoms with Crippen molar-refractivity contribution in [3.63, 3.8) is 0 Å². The molecular weight excluding hydrogens is 268 g/mol. The normalized spacial score (nSPS) is 10.7. The molecule has 104 valence electrons. The fraction of sp³-hybridized carbons (Fsp3) is 0.0625. The second-order valence-electron chi connectivity index (χ2n) is 4.73. The van der Waals surface area contributed by atoms with Gasteiger partial charge in [0.25, 0.3) is 5.56 Å². The molecule has 1 heterocycles. The highest BCUT2D eigenvalue weighted by molar-refractivity contribution is 5.88. The number of para-hydroxylation sites is 2. The third-order valence-electron chi connectivity index (χ3n) is 3.26. The summed E-state index contributed by atoms with van der Waals surface area (Å²) in [6, 6.07) is 14.3. The first kappa shape index (κ1) is 13.1. The number of fused-ring (bicyclic) bond motifs is 1. The molecule has 0 fully saturated rings. The Morgan fingerprint density at radius 2 is 1.76 bits per heavy atom. The van der Waals surface area contributed by atoms with E-state index in [2.05, 4.69) is 4.98 Å². The fourth-order valence-corrected chi connectivity index (χ4v) is 2.22. The van der Waals surface area contributed by atoms with Crippen LogP contribution in [0, 0.1) is 6.92 Å². The first-order chi connectivity index (χ1) is 10.1. The highest BCUT2D eigenvalue weighted by Crippen LogP contribution is 2.16. The summed E-state index contributed by atoms with van der Waals surface area (Å²) in [6.45, 7) is 1.94. The molecule has 0 atom stereocenters. The van der Waals surface area contributed by atoms with Crippen LogP contribution in [0.4, 0.5) is 0 Å². The predicted octanol–water partition coefficient (Wildman–Crippen LogP) is 2.39. The fourth-order valence-electron chi connectivity index (χ4n) is 2.22. The van der Waals surface area contributed by atoms with E-state index in [1.54, 1.807) is 36.4 Å². The molecule has 0 aliphatic heterocycles. The Labute approximate surface area is 120 Å². The first-order valence-electron chi connectivity index (χ1n) is 6.40. The molecule has 0 saturated heterocycles. The van der Waals surface area contributed by atoms with Gasteiger partial charge >= 0.3 is 5.97 Å². The number of aromatic nitrogens is 2. The molecule has 0 amide bonds. The van der Waals surface area contributed by atoms with Crippen molar-refractivity contribution in [1.82, 2.24) is 9.55 Å². The maximum absolute atomic E-state index is 12.4. The number of nitrogens with zero attached hydrogens (tertiary/aromatic N) is 2. The minimum absolute atomic E-state index is 0.468. The number of aryl methyl sites for hydroxylation is 1. The number of hydrogen-bond acceptors (Lipinski definition) is 3. The summed E-state index contributed by atoms with van der Waals surface area (Å²) in [6.07, 6.45) is 0. The first-order valence-corrected chi connectivity index (χ1v) is 6.40. The quantitative estimate of drug-likeness (QED) is 0.782. The van der Waals surface area contributed by atoms with Crippen molar-refractivity contribution in [2.45, 2.75) is 6.92 Å². The lowest BCUT2D eigenvalue weighted by Gasteiger charge is -2.11. The smallest absolute Gasteiger partial charge is 0.360 e. The summed E-state index contributed by atoms with van der Waals surface area (Å²) in [5.74, 6) is -1.33. The average molecular weight is 280 g/mol. The highest BCUT2D eigenvalue weighted by atomic mass is 16.4. The molecule has 5 nitrogen and oxygen atoms in total. The van der Waals surface area contributed by atoms with E-state index in [1.165, 1.54) is 4.57 Å². The molecule has 2 aromatic carbocycles. The number of benzene rings is 2. The van der Waals surface area contributed by atoms with E-state index >= 15 is 0 Å². The summed E-state index contributed by atoms with van der Waals surface area (Å²) >= 11 is 0. The Morgan fingerprint density at radius 3 is 2.43 bits per heavy atom. The van der Waals surface area contributed by atoms with Crippen LogP contribution in [-0.2, 0) is 0 Å². The van der Waals surface area contributed by atoms with Gasteiger partial charge in [-0.15, -0.1) is 0 Å². The second kappa shape index (κ2) is 4.86. The van der Waals surface area contributed by atoms with E-state index in [1.807, 2.05) is 19.1 Å². The van der Waals surface area contributed by atoms with E-state index in [0.717, 1.165) is 5.56 Å². The Morgan fingerprint density at radius 1 is 1.10 bits per heavy atom.